The van der Waals surface area contributed by atoms with Gasteiger partial charge in [-0.1, -0.05) is 36.7 Å². The molecule has 0 bridgehead atoms. The van der Waals surface area contributed by atoms with Crippen molar-refractivity contribution in [3.8, 4) is 0 Å². The van der Waals surface area contributed by atoms with Gasteiger partial charge in [0.05, 0.1) is 5.60 Å². The summed E-state index contributed by atoms with van der Waals surface area (Å²) in [5.41, 5.74) is 0.352. The molecule has 0 aromatic heterocycles. The third-order valence-corrected chi connectivity index (χ3v) is 3.91. The van der Waals surface area contributed by atoms with Crippen LogP contribution in [-0.4, -0.2) is 17.0 Å². The molecule has 86 valence electrons. The lowest BCUT2D eigenvalue weighted by Crippen LogP contribution is -2.23. The van der Waals surface area contributed by atoms with Gasteiger partial charge in [-0.3, -0.25) is 0 Å². The zero-order valence-electron chi connectivity index (χ0n) is 10.5. The average Bonchev–Trinajstić information content (AvgIpc) is 1.93. The Kier molecular flexibility index (Phi) is 5.68. The number of hydrogen-bond acceptors (Lipinski definition) is 1. The highest BCUT2D eigenvalue weighted by atomic mass is 79.9. The van der Waals surface area contributed by atoms with Gasteiger partial charge in [-0.05, 0) is 39.0 Å². The van der Waals surface area contributed by atoms with Crippen molar-refractivity contribution in [1.82, 2.24) is 0 Å². The molecule has 0 saturated carbocycles. The second-order valence-electron chi connectivity index (χ2n) is 5.94. The van der Waals surface area contributed by atoms with Crippen LogP contribution in [0, 0.1) is 5.41 Å². The van der Waals surface area contributed by atoms with Crippen molar-refractivity contribution in [2.24, 2.45) is 5.41 Å². The molecule has 0 aromatic carbocycles. The van der Waals surface area contributed by atoms with Gasteiger partial charge in [0.15, 0.2) is 0 Å². The van der Waals surface area contributed by atoms with E-state index in [1.165, 1.54) is 6.42 Å². The first kappa shape index (κ1) is 14.4. The number of hydrogen-bond donors (Lipinski definition) is 0. The molecular weight excluding hydrogens is 240 g/mol. The quantitative estimate of drug-likeness (QED) is 0.541. The van der Waals surface area contributed by atoms with E-state index in [-0.39, 0.29) is 5.60 Å². The van der Waals surface area contributed by atoms with Crippen LogP contribution in [0.2, 0.25) is 0 Å². The fourth-order valence-corrected chi connectivity index (χ4v) is 1.40. The van der Waals surface area contributed by atoms with E-state index >= 15 is 0 Å². The Morgan fingerprint density at radius 2 is 1.57 bits per heavy atom. The van der Waals surface area contributed by atoms with Crippen molar-refractivity contribution in [3.63, 3.8) is 0 Å². The van der Waals surface area contributed by atoms with Crippen LogP contribution in [0.4, 0.5) is 0 Å². The van der Waals surface area contributed by atoms with E-state index in [4.69, 9.17) is 4.74 Å². The molecule has 0 saturated heterocycles. The molecular formula is C12H25BrO. The summed E-state index contributed by atoms with van der Waals surface area (Å²) in [6.45, 7) is 13.9. The Morgan fingerprint density at radius 1 is 1.07 bits per heavy atom. The van der Waals surface area contributed by atoms with Crippen LogP contribution < -0.4 is 0 Å². The third-order valence-electron chi connectivity index (χ3n) is 2.08. The van der Waals surface area contributed by atoms with Gasteiger partial charge in [-0.15, -0.1) is 0 Å². The molecule has 0 aromatic rings. The van der Waals surface area contributed by atoms with Gasteiger partial charge in [-0.25, -0.2) is 0 Å². The van der Waals surface area contributed by atoms with Crippen LogP contribution in [-0.2, 0) is 4.74 Å². The number of rotatable bonds is 4. The molecule has 1 atom stereocenters. The molecule has 0 rings (SSSR count). The minimum atomic E-state index is 0.00351. The summed E-state index contributed by atoms with van der Waals surface area (Å²) in [4.78, 5) is 0.582. The number of alkyl halides is 1. The molecule has 0 amide bonds. The maximum atomic E-state index is 5.67. The van der Waals surface area contributed by atoms with E-state index in [0.29, 0.717) is 10.2 Å². The van der Waals surface area contributed by atoms with Crippen LogP contribution in [0.1, 0.15) is 54.4 Å². The maximum absolute atomic E-state index is 5.67. The summed E-state index contributed by atoms with van der Waals surface area (Å²) in [7, 11) is 0. The fourth-order valence-electron chi connectivity index (χ4n) is 1.07. The molecule has 0 heterocycles. The molecule has 1 nitrogen and oxygen atoms in total. The van der Waals surface area contributed by atoms with E-state index in [1.807, 2.05) is 0 Å². The van der Waals surface area contributed by atoms with Gasteiger partial charge in [0.25, 0.3) is 0 Å². The van der Waals surface area contributed by atoms with Crippen LogP contribution >= 0.6 is 15.9 Å². The van der Waals surface area contributed by atoms with E-state index in [9.17, 15) is 0 Å². The van der Waals surface area contributed by atoms with Crippen molar-refractivity contribution in [1.29, 1.82) is 0 Å². The smallest absolute Gasteiger partial charge is 0.0598 e. The summed E-state index contributed by atoms with van der Waals surface area (Å²) in [6, 6.07) is 0. The van der Waals surface area contributed by atoms with E-state index in [1.54, 1.807) is 0 Å². The van der Waals surface area contributed by atoms with Crippen LogP contribution in [0.15, 0.2) is 0 Å². The van der Waals surface area contributed by atoms with Gasteiger partial charge in [0.2, 0.25) is 0 Å². The average molecular weight is 265 g/mol. The normalized spacial score (nSPS) is 15.6. The van der Waals surface area contributed by atoms with Gasteiger partial charge < -0.3 is 4.74 Å². The lowest BCUT2D eigenvalue weighted by atomic mass is 9.90. The van der Waals surface area contributed by atoms with Gasteiger partial charge in [-0.2, -0.15) is 0 Å². The lowest BCUT2D eigenvalue weighted by Gasteiger charge is -2.26. The summed E-state index contributed by atoms with van der Waals surface area (Å²) in [5.74, 6) is 0. The third kappa shape index (κ3) is 7.81. The molecule has 0 spiro atoms. The summed E-state index contributed by atoms with van der Waals surface area (Å²) in [5, 5.41) is 0. The maximum Gasteiger partial charge on any atom is 0.0598 e. The van der Waals surface area contributed by atoms with Crippen LogP contribution in [0.25, 0.3) is 0 Å². The second-order valence-corrected chi connectivity index (χ2v) is 7.04. The lowest BCUT2D eigenvalue weighted by molar-refractivity contribution is -0.00506. The highest BCUT2D eigenvalue weighted by Crippen LogP contribution is 2.29. The minimum absolute atomic E-state index is 0.00351. The van der Waals surface area contributed by atoms with E-state index in [2.05, 4.69) is 57.5 Å². The monoisotopic (exact) mass is 264 g/mol. The first-order valence-corrected chi connectivity index (χ1v) is 6.32. The zero-order chi connectivity index (χ0) is 11.4. The summed E-state index contributed by atoms with van der Waals surface area (Å²) >= 11 is 3.72. The summed E-state index contributed by atoms with van der Waals surface area (Å²) < 4.78 is 5.67. The molecule has 0 aliphatic rings. The fraction of sp³-hybridized carbons (Fsp3) is 1.00. The van der Waals surface area contributed by atoms with Gasteiger partial charge in [0.1, 0.15) is 0 Å². The van der Waals surface area contributed by atoms with Crippen LogP contribution in [0.3, 0.4) is 0 Å². The summed E-state index contributed by atoms with van der Waals surface area (Å²) in [6.07, 6.45) is 2.31. The first-order valence-electron chi connectivity index (χ1n) is 5.41. The predicted molar refractivity (Wildman–Crippen MR) is 67.1 cm³/mol. The molecule has 14 heavy (non-hydrogen) atoms. The molecule has 0 fully saturated rings. The van der Waals surface area contributed by atoms with E-state index in [0.717, 1.165) is 13.0 Å². The minimum Gasteiger partial charge on any atom is -0.376 e. The van der Waals surface area contributed by atoms with E-state index < -0.39 is 0 Å². The van der Waals surface area contributed by atoms with Crippen molar-refractivity contribution < 1.29 is 4.74 Å². The molecule has 2 heteroatoms. The standard InChI is InChI=1S/C12H25BrO/c1-11(2,3)10(13)8-7-9-14-12(4,5)6/h10H,7-9H2,1-6H3. The van der Waals surface area contributed by atoms with Crippen molar-refractivity contribution in [2.45, 2.75) is 64.8 Å². The number of halogens is 1. The number of ether oxygens (including phenoxy) is 1. The highest BCUT2D eigenvalue weighted by Gasteiger charge is 2.21. The topological polar surface area (TPSA) is 9.23 Å². The Balaban J connectivity index is 3.56. The Bertz CT molecular complexity index is 153. The van der Waals surface area contributed by atoms with Gasteiger partial charge in [0, 0.05) is 11.4 Å². The molecule has 1 unspecified atom stereocenters. The van der Waals surface area contributed by atoms with Crippen molar-refractivity contribution in [3.05, 3.63) is 0 Å². The second kappa shape index (κ2) is 5.50. The predicted octanol–water partition coefficient (Wildman–Crippen LogP) is 4.39. The first-order chi connectivity index (χ1) is 6.13. The Labute approximate surface area is 97.7 Å². The van der Waals surface area contributed by atoms with Crippen molar-refractivity contribution >= 4 is 15.9 Å². The molecule has 0 N–H and O–H groups in total. The van der Waals surface area contributed by atoms with Crippen molar-refractivity contribution in [2.75, 3.05) is 6.61 Å². The highest BCUT2D eigenvalue weighted by molar-refractivity contribution is 9.09. The van der Waals surface area contributed by atoms with Gasteiger partial charge >= 0.3 is 0 Å². The largest absolute Gasteiger partial charge is 0.376 e. The molecule has 0 aliphatic carbocycles. The molecule has 0 radical (unpaired) electrons. The zero-order valence-corrected chi connectivity index (χ0v) is 12.1. The Morgan fingerprint density at radius 3 is 1.93 bits per heavy atom. The van der Waals surface area contributed by atoms with Crippen LogP contribution in [0.5, 0.6) is 0 Å². The SMILES string of the molecule is CC(C)(C)OCCCC(Br)C(C)(C)C. The molecule has 0 aliphatic heterocycles. The Hall–Kier alpha value is 0.440.